The third-order valence-electron chi connectivity index (χ3n) is 7.29. The van der Waals surface area contributed by atoms with E-state index in [1.165, 1.54) is 31.4 Å². The first kappa shape index (κ1) is 23.7. The van der Waals surface area contributed by atoms with Gasteiger partial charge in [-0.05, 0) is 81.3 Å². The highest BCUT2D eigenvalue weighted by Gasteiger charge is 2.32. The third-order valence-corrected chi connectivity index (χ3v) is 7.29. The normalized spacial score (nSPS) is 24.7. The highest BCUT2D eigenvalue weighted by molar-refractivity contribution is 5.99. The van der Waals surface area contributed by atoms with E-state index in [4.69, 9.17) is 0 Å². The minimum atomic E-state index is -0.868. The number of allylic oxidation sites excluding steroid dienone is 4. The Morgan fingerprint density at radius 3 is 2.52 bits per heavy atom. The van der Waals surface area contributed by atoms with E-state index < -0.39 is 11.6 Å². The van der Waals surface area contributed by atoms with E-state index in [1.807, 2.05) is 6.92 Å². The van der Waals surface area contributed by atoms with Crippen LogP contribution < -0.4 is 0 Å². The number of Topliss-reactive ketones (excluding diaryl/α,β-unsaturated/α-hetero) is 1. The van der Waals surface area contributed by atoms with Gasteiger partial charge in [-0.1, -0.05) is 38.0 Å². The Hall–Kier alpha value is -1.97. The predicted molar refractivity (Wildman–Crippen MR) is 122 cm³/mol. The minimum Gasteiger partial charge on any atom is -0.504 e. The second kappa shape index (κ2) is 11.1. The van der Waals surface area contributed by atoms with Crippen LogP contribution in [0, 0.1) is 23.6 Å². The van der Waals surface area contributed by atoms with Gasteiger partial charge in [0.1, 0.15) is 5.83 Å². The van der Waals surface area contributed by atoms with E-state index in [2.05, 4.69) is 19.1 Å². The molecular weight excluding hydrogens is 394 g/mol. The molecule has 0 amide bonds. The number of carbonyl (C=O) groups is 1. The molecule has 0 aliphatic heterocycles. The number of rotatable bonds is 8. The van der Waals surface area contributed by atoms with Gasteiger partial charge in [-0.3, -0.25) is 4.79 Å². The number of hydrogen-bond acceptors (Lipinski definition) is 2. The monoisotopic (exact) mass is 430 g/mol. The number of carbonyl (C=O) groups excluding carboxylic acids is 1. The molecule has 0 saturated heterocycles. The number of hydrogen-bond donors (Lipinski definition) is 1. The summed E-state index contributed by atoms with van der Waals surface area (Å²) in [5.74, 6) is -0.387. The molecule has 1 atom stereocenters. The fourth-order valence-electron chi connectivity index (χ4n) is 5.44. The van der Waals surface area contributed by atoms with Crippen molar-refractivity contribution in [2.45, 2.75) is 84.5 Å². The minimum absolute atomic E-state index is 0.0102. The third kappa shape index (κ3) is 5.64. The van der Waals surface area contributed by atoms with Crippen LogP contribution in [-0.2, 0) is 0 Å². The van der Waals surface area contributed by atoms with Crippen molar-refractivity contribution in [3.8, 4) is 5.75 Å². The average molecular weight is 431 g/mol. The molecule has 1 saturated carbocycles. The molecule has 170 valence electrons. The van der Waals surface area contributed by atoms with Crippen LogP contribution in [0.25, 0.3) is 5.57 Å². The zero-order valence-electron chi connectivity index (χ0n) is 18.9. The quantitative estimate of drug-likeness (QED) is 0.334. The van der Waals surface area contributed by atoms with Gasteiger partial charge < -0.3 is 5.11 Å². The fraction of sp³-hybridized carbons (Fsp3) is 0.593. The van der Waals surface area contributed by atoms with Gasteiger partial charge in [-0.15, -0.1) is 0 Å². The van der Waals surface area contributed by atoms with Crippen molar-refractivity contribution in [1.82, 2.24) is 0 Å². The zero-order valence-corrected chi connectivity index (χ0v) is 18.9. The van der Waals surface area contributed by atoms with Gasteiger partial charge in [0.15, 0.2) is 17.3 Å². The molecule has 2 aliphatic carbocycles. The lowest BCUT2D eigenvalue weighted by molar-refractivity contribution is 0.0978. The molecule has 4 heteroatoms. The molecule has 3 rings (SSSR count). The first-order valence-corrected chi connectivity index (χ1v) is 12.0. The Morgan fingerprint density at radius 2 is 1.87 bits per heavy atom. The predicted octanol–water partition coefficient (Wildman–Crippen LogP) is 8.16. The summed E-state index contributed by atoms with van der Waals surface area (Å²) in [6.07, 6.45) is 14.1. The first-order chi connectivity index (χ1) is 15.0. The Kier molecular flexibility index (Phi) is 8.45. The first-order valence-electron chi connectivity index (χ1n) is 12.0. The molecule has 31 heavy (non-hydrogen) atoms. The summed E-state index contributed by atoms with van der Waals surface area (Å²) in [5.41, 5.74) is 0.455. The summed E-state index contributed by atoms with van der Waals surface area (Å²) < 4.78 is 29.9. The fourth-order valence-corrected chi connectivity index (χ4v) is 5.44. The number of phenols is 1. The van der Waals surface area contributed by atoms with Crippen molar-refractivity contribution in [3.05, 3.63) is 47.1 Å². The number of aromatic hydroxyl groups is 1. The maximum Gasteiger partial charge on any atom is 0.173 e. The Labute approximate surface area is 185 Å². The van der Waals surface area contributed by atoms with Gasteiger partial charge in [0.05, 0.1) is 5.56 Å². The zero-order chi connectivity index (χ0) is 22.4. The summed E-state index contributed by atoms with van der Waals surface area (Å²) in [6, 6.07) is 2.90. The number of benzene rings is 1. The lowest BCUT2D eigenvalue weighted by atomic mass is 9.70. The summed E-state index contributed by atoms with van der Waals surface area (Å²) in [7, 11) is 0. The molecule has 1 N–H and O–H groups in total. The SMILES string of the molecule is C/C=C/CCC1CCC(C2CCC(c3ccc(C(=O)CCC)c(O)c3F)=C(F)C2)CC1. The van der Waals surface area contributed by atoms with Gasteiger partial charge in [0.25, 0.3) is 0 Å². The maximum atomic E-state index is 15.1. The van der Waals surface area contributed by atoms with Crippen LogP contribution in [0.3, 0.4) is 0 Å². The van der Waals surface area contributed by atoms with Crippen LogP contribution in [-0.4, -0.2) is 10.9 Å². The van der Waals surface area contributed by atoms with Crippen LogP contribution in [0.4, 0.5) is 8.78 Å². The molecular formula is C27H36F2O2. The standard InChI is InChI=1S/C27H36F2O2/c1-3-5-6-8-18-9-11-19(12-10-18)20-13-14-21(24(28)17-20)22-15-16-23(25(30)7-4-2)27(31)26(22)29/h3,5,15-16,18-20,31H,4,6-14,17H2,1-2H3/b5-3+. The average Bonchev–Trinajstić information content (AvgIpc) is 2.77. The van der Waals surface area contributed by atoms with Crippen LogP contribution in [0.2, 0.25) is 0 Å². The summed E-state index contributed by atoms with van der Waals surface area (Å²) in [6.45, 7) is 3.92. The smallest absolute Gasteiger partial charge is 0.173 e. The van der Waals surface area contributed by atoms with Crippen molar-refractivity contribution in [2.24, 2.45) is 17.8 Å². The van der Waals surface area contributed by atoms with E-state index in [0.29, 0.717) is 36.7 Å². The van der Waals surface area contributed by atoms with Crippen LogP contribution >= 0.6 is 0 Å². The van der Waals surface area contributed by atoms with E-state index in [1.54, 1.807) is 0 Å². The van der Waals surface area contributed by atoms with Crippen molar-refractivity contribution < 1.29 is 18.7 Å². The molecule has 1 aromatic carbocycles. The summed E-state index contributed by atoms with van der Waals surface area (Å²) in [5, 5.41) is 10.2. The Bertz CT molecular complexity index is 832. The molecule has 0 spiro atoms. The van der Waals surface area contributed by atoms with Gasteiger partial charge in [-0.2, -0.15) is 0 Å². The molecule has 1 unspecified atom stereocenters. The largest absolute Gasteiger partial charge is 0.504 e. The van der Waals surface area contributed by atoms with E-state index >= 15 is 4.39 Å². The molecule has 1 fully saturated rings. The van der Waals surface area contributed by atoms with E-state index in [0.717, 1.165) is 31.6 Å². The lowest BCUT2D eigenvalue weighted by Gasteiger charge is -2.36. The molecule has 0 radical (unpaired) electrons. The Morgan fingerprint density at radius 1 is 1.13 bits per heavy atom. The molecule has 0 aromatic heterocycles. The van der Waals surface area contributed by atoms with Gasteiger partial charge >= 0.3 is 0 Å². The lowest BCUT2D eigenvalue weighted by Crippen LogP contribution is -2.24. The Balaban J connectivity index is 1.65. The number of phenolic OH excluding ortho intramolecular Hbond substituents is 1. The van der Waals surface area contributed by atoms with Crippen LogP contribution in [0.15, 0.2) is 30.1 Å². The number of halogens is 2. The molecule has 1 aromatic rings. The van der Waals surface area contributed by atoms with Gasteiger partial charge in [-0.25, -0.2) is 8.78 Å². The van der Waals surface area contributed by atoms with Crippen molar-refractivity contribution in [1.29, 1.82) is 0 Å². The van der Waals surface area contributed by atoms with E-state index in [-0.39, 0.29) is 29.2 Å². The second-order valence-electron chi connectivity index (χ2n) is 9.31. The second-order valence-corrected chi connectivity index (χ2v) is 9.31. The number of ketones is 1. The highest BCUT2D eigenvalue weighted by atomic mass is 19.1. The molecule has 0 bridgehead atoms. The summed E-state index contributed by atoms with van der Waals surface area (Å²) in [4.78, 5) is 12.1. The molecule has 2 nitrogen and oxygen atoms in total. The van der Waals surface area contributed by atoms with Crippen LogP contribution in [0.5, 0.6) is 5.75 Å². The molecule has 2 aliphatic rings. The van der Waals surface area contributed by atoms with Gasteiger partial charge in [0, 0.05) is 18.4 Å². The topological polar surface area (TPSA) is 37.3 Å². The van der Waals surface area contributed by atoms with Crippen molar-refractivity contribution in [3.63, 3.8) is 0 Å². The van der Waals surface area contributed by atoms with Crippen molar-refractivity contribution in [2.75, 3.05) is 0 Å². The van der Waals surface area contributed by atoms with Crippen molar-refractivity contribution >= 4 is 11.4 Å². The van der Waals surface area contributed by atoms with Crippen LogP contribution in [0.1, 0.15) is 100 Å². The van der Waals surface area contributed by atoms with E-state index in [9.17, 15) is 14.3 Å². The maximum absolute atomic E-state index is 15.1. The highest BCUT2D eigenvalue weighted by Crippen LogP contribution is 2.45. The summed E-state index contributed by atoms with van der Waals surface area (Å²) >= 11 is 0. The molecule has 0 heterocycles. The van der Waals surface area contributed by atoms with Gasteiger partial charge in [0.2, 0.25) is 0 Å².